The van der Waals surface area contributed by atoms with Crippen LogP contribution in [0.15, 0.2) is 24.3 Å². The number of halogens is 1. The number of rotatable bonds is 8. The first-order chi connectivity index (χ1) is 12.5. The normalized spacial score (nSPS) is 16.1. The van der Waals surface area contributed by atoms with Crippen molar-refractivity contribution >= 4 is 23.4 Å². The minimum Gasteiger partial charge on any atom is -0.342 e. The summed E-state index contributed by atoms with van der Waals surface area (Å²) < 4.78 is 0. The first-order valence-corrected chi connectivity index (χ1v) is 10.2. The van der Waals surface area contributed by atoms with E-state index < -0.39 is 5.54 Å². The second-order valence-electron chi connectivity index (χ2n) is 7.15. The van der Waals surface area contributed by atoms with Gasteiger partial charge in [0.05, 0.1) is 0 Å². The van der Waals surface area contributed by atoms with Gasteiger partial charge in [-0.2, -0.15) is 0 Å². The van der Waals surface area contributed by atoms with Crippen molar-refractivity contribution in [1.29, 1.82) is 0 Å². The van der Waals surface area contributed by atoms with E-state index in [0.29, 0.717) is 19.5 Å². The highest BCUT2D eigenvalue weighted by Gasteiger charge is 2.42. The predicted molar refractivity (Wildman–Crippen MR) is 106 cm³/mol. The molecule has 2 amide bonds. The quantitative estimate of drug-likeness (QED) is 0.731. The van der Waals surface area contributed by atoms with E-state index in [1.54, 1.807) is 0 Å². The molecule has 5 heteroatoms. The Kier molecular flexibility index (Phi) is 7.95. The number of hydrogen-bond acceptors (Lipinski definition) is 2. The van der Waals surface area contributed by atoms with Crippen LogP contribution in [-0.2, 0) is 16.0 Å². The summed E-state index contributed by atoms with van der Waals surface area (Å²) in [6, 6.07) is 7.73. The number of amides is 2. The van der Waals surface area contributed by atoms with Gasteiger partial charge in [0.1, 0.15) is 5.54 Å². The third-order valence-electron chi connectivity index (χ3n) is 5.33. The number of carbonyl (C=O) groups excluding carboxylic acids is 2. The van der Waals surface area contributed by atoms with Gasteiger partial charge in [-0.25, -0.2) is 0 Å². The molecule has 0 aliphatic heterocycles. The molecule has 4 nitrogen and oxygen atoms in total. The Morgan fingerprint density at radius 1 is 1.08 bits per heavy atom. The molecular formula is C21H31ClN2O2. The molecule has 1 aromatic rings. The van der Waals surface area contributed by atoms with Crippen LogP contribution in [0.2, 0.25) is 5.02 Å². The van der Waals surface area contributed by atoms with Crippen LogP contribution in [0.3, 0.4) is 0 Å². The zero-order valence-corrected chi connectivity index (χ0v) is 16.8. The van der Waals surface area contributed by atoms with Gasteiger partial charge in [-0.1, -0.05) is 43.0 Å². The third kappa shape index (κ3) is 5.47. The Morgan fingerprint density at radius 2 is 1.69 bits per heavy atom. The first kappa shape index (κ1) is 20.8. The second kappa shape index (κ2) is 9.96. The van der Waals surface area contributed by atoms with Crippen LogP contribution in [0.5, 0.6) is 0 Å². The summed E-state index contributed by atoms with van der Waals surface area (Å²) >= 11 is 5.90. The lowest BCUT2D eigenvalue weighted by atomic mass is 9.80. The van der Waals surface area contributed by atoms with E-state index in [4.69, 9.17) is 11.6 Å². The van der Waals surface area contributed by atoms with Crippen LogP contribution in [-0.4, -0.2) is 35.3 Å². The summed E-state index contributed by atoms with van der Waals surface area (Å²) in [4.78, 5) is 27.5. The van der Waals surface area contributed by atoms with E-state index in [-0.39, 0.29) is 11.8 Å². The molecule has 0 radical (unpaired) electrons. The smallest absolute Gasteiger partial charge is 0.248 e. The van der Waals surface area contributed by atoms with Crippen molar-refractivity contribution in [3.05, 3.63) is 34.9 Å². The fourth-order valence-electron chi connectivity index (χ4n) is 3.79. The zero-order valence-electron chi connectivity index (χ0n) is 16.0. The van der Waals surface area contributed by atoms with Crippen LogP contribution >= 0.6 is 11.6 Å². The van der Waals surface area contributed by atoms with E-state index in [0.717, 1.165) is 50.0 Å². The maximum atomic E-state index is 13.0. The zero-order chi connectivity index (χ0) is 19.0. The van der Waals surface area contributed by atoms with Crippen molar-refractivity contribution in [3.63, 3.8) is 0 Å². The average molecular weight is 379 g/mol. The Hall–Kier alpha value is -1.55. The van der Waals surface area contributed by atoms with Gasteiger partial charge in [0, 0.05) is 24.5 Å². The van der Waals surface area contributed by atoms with Crippen molar-refractivity contribution in [2.24, 2.45) is 0 Å². The fraction of sp³-hybridized carbons (Fsp3) is 0.619. The molecule has 0 atom stereocenters. The van der Waals surface area contributed by atoms with Crippen molar-refractivity contribution in [2.45, 2.75) is 70.8 Å². The number of nitrogens with one attached hydrogen (secondary N) is 1. The lowest BCUT2D eigenvalue weighted by Gasteiger charge is -2.40. The Balaban J connectivity index is 1.93. The molecule has 1 N–H and O–H groups in total. The van der Waals surface area contributed by atoms with E-state index in [9.17, 15) is 9.59 Å². The molecule has 1 fully saturated rings. The first-order valence-electron chi connectivity index (χ1n) is 9.85. The Labute approximate surface area is 162 Å². The summed E-state index contributed by atoms with van der Waals surface area (Å²) in [5, 5.41) is 3.85. The van der Waals surface area contributed by atoms with Gasteiger partial charge in [0.2, 0.25) is 11.8 Å². The monoisotopic (exact) mass is 378 g/mol. The summed E-state index contributed by atoms with van der Waals surface area (Å²) in [6.45, 7) is 5.35. The van der Waals surface area contributed by atoms with Crippen LogP contribution in [0, 0.1) is 0 Å². The summed E-state index contributed by atoms with van der Waals surface area (Å²) in [5.41, 5.74) is 0.482. The Bertz CT molecular complexity index is 591. The lowest BCUT2D eigenvalue weighted by molar-refractivity contribution is -0.143. The molecule has 0 bridgehead atoms. The largest absolute Gasteiger partial charge is 0.342 e. The van der Waals surface area contributed by atoms with E-state index >= 15 is 0 Å². The minimum absolute atomic E-state index is 0.0126. The van der Waals surface area contributed by atoms with Crippen molar-refractivity contribution in [3.8, 4) is 0 Å². The van der Waals surface area contributed by atoms with Crippen molar-refractivity contribution in [2.75, 3.05) is 13.1 Å². The van der Waals surface area contributed by atoms with Crippen LogP contribution in [0.1, 0.15) is 64.4 Å². The number of likely N-dealkylation sites (N-methyl/N-ethyl adjacent to an activating group) is 1. The third-order valence-corrected chi connectivity index (χ3v) is 5.58. The van der Waals surface area contributed by atoms with Crippen molar-refractivity contribution in [1.82, 2.24) is 10.2 Å². The molecule has 1 aliphatic rings. The maximum Gasteiger partial charge on any atom is 0.248 e. The van der Waals surface area contributed by atoms with E-state index in [1.165, 1.54) is 5.56 Å². The van der Waals surface area contributed by atoms with Crippen LogP contribution < -0.4 is 5.32 Å². The molecule has 1 aromatic carbocycles. The van der Waals surface area contributed by atoms with Gasteiger partial charge in [0.15, 0.2) is 0 Å². The Morgan fingerprint density at radius 3 is 2.27 bits per heavy atom. The number of benzene rings is 1. The molecule has 1 aliphatic carbocycles. The molecule has 26 heavy (non-hydrogen) atoms. The SMILES string of the molecule is CCN(CC)C(=O)C1(NC(=O)CCCc2ccc(Cl)cc2)CCCCC1. The molecule has 1 saturated carbocycles. The minimum atomic E-state index is -0.693. The number of nitrogens with zero attached hydrogens (tertiary/aromatic N) is 1. The molecule has 2 rings (SSSR count). The number of aryl methyl sites for hydroxylation is 1. The van der Waals surface area contributed by atoms with Gasteiger partial charge in [0.25, 0.3) is 0 Å². The van der Waals surface area contributed by atoms with Gasteiger partial charge >= 0.3 is 0 Å². The second-order valence-corrected chi connectivity index (χ2v) is 7.58. The number of carbonyl (C=O) groups is 2. The summed E-state index contributed by atoms with van der Waals surface area (Å²) in [7, 11) is 0. The highest BCUT2D eigenvalue weighted by Crippen LogP contribution is 2.30. The van der Waals surface area contributed by atoms with E-state index in [2.05, 4.69) is 5.32 Å². The van der Waals surface area contributed by atoms with Gasteiger partial charge < -0.3 is 10.2 Å². The van der Waals surface area contributed by atoms with Gasteiger partial charge in [-0.15, -0.1) is 0 Å². The number of hydrogen-bond donors (Lipinski definition) is 1. The molecule has 0 unspecified atom stereocenters. The standard InChI is InChI=1S/C21H31ClN2O2/c1-3-24(4-2)20(26)21(15-6-5-7-16-21)23-19(25)10-8-9-17-11-13-18(22)14-12-17/h11-14H,3-10,15-16H2,1-2H3,(H,23,25). The molecule has 0 spiro atoms. The molecule has 144 valence electrons. The lowest BCUT2D eigenvalue weighted by Crippen LogP contribution is -2.60. The molecular weight excluding hydrogens is 348 g/mol. The maximum absolute atomic E-state index is 13.0. The van der Waals surface area contributed by atoms with E-state index in [1.807, 2.05) is 43.0 Å². The topological polar surface area (TPSA) is 49.4 Å². The molecule has 0 saturated heterocycles. The summed E-state index contributed by atoms with van der Waals surface area (Å²) in [5.74, 6) is 0.0784. The highest BCUT2D eigenvalue weighted by molar-refractivity contribution is 6.30. The van der Waals surface area contributed by atoms with Crippen LogP contribution in [0.25, 0.3) is 0 Å². The van der Waals surface area contributed by atoms with Gasteiger partial charge in [-0.3, -0.25) is 9.59 Å². The fourth-order valence-corrected chi connectivity index (χ4v) is 3.92. The van der Waals surface area contributed by atoms with Crippen LogP contribution in [0.4, 0.5) is 0 Å². The average Bonchev–Trinajstić information content (AvgIpc) is 2.65. The highest BCUT2D eigenvalue weighted by atomic mass is 35.5. The molecule has 0 heterocycles. The molecule has 0 aromatic heterocycles. The van der Waals surface area contributed by atoms with Crippen molar-refractivity contribution < 1.29 is 9.59 Å². The predicted octanol–water partition coefficient (Wildman–Crippen LogP) is 4.35. The van der Waals surface area contributed by atoms with Gasteiger partial charge in [-0.05, 0) is 57.2 Å². The summed E-state index contributed by atoms with van der Waals surface area (Å²) in [6.07, 6.45) is 6.69.